The largest absolute Gasteiger partial charge is 0.467 e. The summed E-state index contributed by atoms with van der Waals surface area (Å²) in [6.07, 6.45) is 6.94. The third-order valence-corrected chi connectivity index (χ3v) is 4.11. The molecule has 1 heterocycles. The highest BCUT2D eigenvalue weighted by molar-refractivity contribution is 5.81. The second-order valence-electron chi connectivity index (χ2n) is 5.89. The summed E-state index contributed by atoms with van der Waals surface area (Å²) in [6.45, 7) is 2.42. The predicted octanol–water partition coefficient (Wildman–Crippen LogP) is 2.06. The number of furan rings is 1. The highest BCUT2D eigenvalue weighted by atomic mass is 16.3. The highest BCUT2D eigenvalue weighted by Crippen LogP contribution is 2.44. The number of hydrogen-bond donors (Lipinski definition) is 2. The van der Waals surface area contributed by atoms with Crippen LogP contribution >= 0.6 is 0 Å². The van der Waals surface area contributed by atoms with Gasteiger partial charge in [-0.15, -0.1) is 0 Å². The molecule has 2 aliphatic rings. The Morgan fingerprint density at radius 3 is 2.58 bits per heavy atom. The number of rotatable bonds is 7. The van der Waals surface area contributed by atoms with E-state index in [1.54, 1.807) is 6.26 Å². The summed E-state index contributed by atoms with van der Waals surface area (Å²) in [5, 5.41) is 6.44. The lowest BCUT2D eigenvalue weighted by molar-refractivity contribution is -0.123. The molecular formula is C15H22N2O2. The Morgan fingerprint density at radius 1 is 1.37 bits per heavy atom. The van der Waals surface area contributed by atoms with Crippen LogP contribution in [-0.2, 0) is 11.3 Å². The van der Waals surface area contributed by atoms with Gasteiger partial charge in [-0.1, -0.05) is 0 Å². The van der Waals surface area contributed by atoms with Crippen LogP contribution in [0.15, 0.2) is 22.8 Å². The molecule has 2 saturated carbocycles. The molecule has 0 aliphatic heterocycles. The minimum Gasteiger partial charge on any atom is -0.467 e. The van der Waals surface area contributed by atoms with Crippen molar-refractivity contribution in [2.24, 2.45) is 11.8 Å². The van der Waals surface area contributed by atoms with Gasteiger partial charge in [0.15, 0.2) is 0 Å². The standard InChI is InChI=1S/C15H22N2O2/c1-10(15(18)16-9-13-3-2-8-19-13)17-14(11-4-5-11)12-6-7-12/h2-3,8,10-12,14,17H,4-7,9H2,1H3,(H,16,18). The maximum absolute atomic E-state index is 12.0. The monoisotopic (exact) mass is 262 g/mol. The second-order valence-corrected chi connectivity index (χ2v) is 5.89. The van der Waals surface area contributed by atoms with E-state index in [4.69, 9.17) is 4.42 Å². The molecule has 4 nitrogen and oxygen atoms in total. The lowest BCUT2D eigenvalue weighted by atomic mass is 10.1. The van der Waals surface area contributed by atoms with Gasteiger partial charge in [0.25, 0.3) is 0 Å². The number of carbonyl (C=O) groups excluding carboxylic acids is 1. The van der Waals surface area contributed by atoms with E-state index in [-0.39, 0.29) is 11.9 Å². The van der Waals surface area contributed by atoms with Crippen molar-refractivity contribution in [2.75, 3.05) is 0 Å². The molecule has 1 unspecified atom stereocenters. The molecule has 2 N–H and O–H groups in total. The SMILES string of the molecule is CC(NC(C1CC1)C1CC1)C(=O)NCc1ccco1. The molecule has 2 fully saturated rings. The van der Waals surface area contributed by atoms with Crippen molar-refractivity contribution in [2.45, 2.75) is 51.2 Å². The van der Waals surface area contributed by atoms with E-state index in [1.165, 1.54) is 25.7 Å². The number of amides is 1. The molecule has 0 saturated heterocycles. The molecular weight excluding hydrogens is 240 g/mol. The van der Waals surface area contributed by atoms with Crippen molar-refractivity contribution >= 4 is 5.91 Å². The first kappa shape index (κ1) is 12.7. The van der Waals surface area contributed by atoms with E-state index in [0.29, 0.717) is 12.6 Å². The van der Waals surface area contributed by atoms with Gasteiger partial charge in [0, 0.05) is 6.04 Å². The van der Waals surface area contributed by atoms with E-state index in [0.717, 1.165) is 17.6 Å². The molecule has 1 atom stereocenters. The van der Waals surface area contributed by atoms with Gasteiger partial charge in [-0.05, 0) is 56.6 Å². The lowest BCUT2D eigenvalue weighted by Gasteiger charge is -2.22. The van der Waals surface area contributed by atoms with E-state index in [1.807, 2.05) is 19.1 Å². The van der Waals surface area contributed by atoms with Crippen LogP contribution in [0.4, 0.5) is 0 Å². The first-order chi connectivity index (χ1) is 9.24. The van der Waals surface area contributed by atoms with Crippen LogP contribution < -0.4 is 10.6 Å². The van der Waals surface area contributed by atoms with E-state index < -0.39 is 0 Å². The molecule has 104 valence electrons. The molecule has 0 radical (unpaired) electrons. The number of hydrogen-bond acceptors (Lipinski definition) is 3. The first-order valence-corrected chi connectivity index (χ1v) is 7.30. The molecule has 1 aromatic heterocycles. The molecule has 19 heavy (non-hydrogen) atoms. The van der Waals surface area contributed by atoms with Gasteiger partial charge in [-0.2, -0.15) is 0 Å². The van der Waals surface area contributed by atoms with Crippen LogP contribution in [0.1, 0.15) is 38.4 Å². The first-order valence-electron chi connectivity index (χ1n) is 7.30. The fourth-order valence-electron chi connectivity index (χ4n) is 2.67. The van der Waals surface area contributed by atoms with Crippen LogP contribution in [0.5, 0.6) is 0 Å². The van der Waals surface area contributed by atoms with Crippen molar-refractivity contribution in [1.29, 1.82) is 0 Å². The third-order valence-electron chi connectivity index (χ3n) is 4.11. The van der Waals surface area contributed by atoms with Crippen LogP contribution in [0.3, 0.4) is 0 Å². The predicted molar refractivity (Wildman–Crippen MR) is 72.4 cm³/mol. The van der Waals surface area contributed by atoms with Gasteiger partial charge < -0.3 is 15.1 Å². The zero-order valence-electron chi connectivity index (χ0n) is 11.4. The van der Waals surface area contributed by atoms with Crippen LogP contribution in [0, 0.1) is 11.8 Å². The van der Waals surface area contributed by atoms with Crippen molar-refractivity contribution in [3.63, 3.8) is 0 Å². The zero-order chi connectivity index (χ0) is 13.2. The summed E-state index contributed by atoms with van der Waals surface area (Å²) in [7, 11) is 0. The summed E-state index contributed by atoms with van der Waals surface area (Å²) < 4.78 is 5.21. The maximum Gasteiger partial charge on any atom is 0.237 e. The Kier molecular flexibility index (Phi) is 3.60. The fourth-order valence-corrected chi connectivity index (χ4v) is 2.67. The Balaban J connectivity index is 1.45. The summed E-state index contributed by atoms with van der Waals surface area (Å²) >= 11 is 0. The van der Waals surface area contributed by atoms with Gasteiger partial charge in [-0.3, -0.25) is 4.79 Å². The smallest absolute Gasteiger partial charge is 0.237 e. The van der Waals surface area contributed by atoms with Gasteiger partial charge >= 0.3 is 0 Å². The number of carbonyl (C=O) groups is 1. The molecule has 1 aromatic rings. The molecule has 3 rings (SSSR count). The molecule has 0 aromatic carbocycles. The summed E-state index contributed by atoms with van der Waals surface area (Å²) in [5.41, 5.74) is 0. The minimum atomic E-state index is -0.124. The molecule has 0 spiro atoms. The fraction of sp³-hybridized carbons (Fsp3) is 0.667. The minimum absolute atomic E-state index is 0.0581. The average Bonchev–Trinajstić information content (AvgIpc) is 3.33. The molecule has 1 amide bonds. The Labute approximate surface area is 113 Å². The van der Waals surface area contributed by atoms with Gasteiger partial charge in [0.1, 0.15) is 5.76 Å². The Bertz CT molecular complexity index is 409. The topological polar surface area (TPSA) is 54.3 Å². The Morgan fingerprint density at radius 2 is 2.05 bits per heavy atom. The second kappa shape index (κ2) is 5.37. The van der Waals surface area contributed by atoms with Crippen LogP contribution in [0.2, 0.25) is 0 Å². The summed E-state index contributed by atoms with van der Waals surface area (Å²) in [5.74, 6) is 2.48. The van der Waals surface area contributed by atoms with Crippen molar-refractivity contribution in [3.05, 3.63) is 24.2 Å². The summed E-state index contributed by atoms with van der Waals surface area (Å²) in [4.78, 5) is 12.0. The van der Waals surface area contributed by atoms with Crippen molar-refractivity contribution in [3.8, 4) is 0 Å². The average molecular weight is 262 g/mol. The van der Waals surface area contributed by atoms with Gasteiger partial charge in [-0.25, -0.2) is 0 Å². The lowest BCUT2D eigenvalue weighted by Crippen LogP contribution is -2.48. The summed E-state index contributed by atoms with van der Waals surface area (Å²) in [6, 6.07) is 4.14. The van der Waals surface area contributed by atoms with Crippen molar-refractivity contribution < 1.29 is 9.21 Å². The zero-order valence-corrected chi connectivity index (χ0v) is 11.4. The van der Waals surface area contributed by atoms with Gasteiger partial charge in [0.2, 0.25) is 5.91 Å². The quantitative estimate of drug-likeness (QED) is 0.791. The Hall–Kier alpha value is -1.29. The molecule has 2 aliphatic carbocycles. The van der Waals surface area contributed by atoms with Gasteiger partial charge in [0.05, 0.1) is 18.8 Å². The number of nitrogens with one attached hydrogen (secondary N) is 2. The van der Waals surface area contributed by atoms with E-state index in [2.05, 4.69) is 10.6 Å². The van der Waals surface area contributed by atoms with Crippen LogP contribution in [0.25, 0.3) is 0 Å². The maximum atomic E-state index is 12.0. The highest BCUT2D eigenvalue weighted by Gasteiger charge is 2.42. The van der Waals surface area contributed by atoms with Crippen LogP contribution in [-0.4, -0.2) is 18.0 Å². The molecule has 0 bridgehead atoms. The third kappa shape index (κ3) is 3.38. The van der Waals surface area contributed by atoms with Crippen molar-refractivity contribution in [1.82, 2.24) is 10.6 Å². The van der Waals surface area contributed by atoms with E-state index in [9.17, 15) is 4.79 Å². The van der Waals surface area contributed by atoms with E-state index >= 15 is 0 Å². The molecule has 4 heteroatoms. The normalized spacial score (nSPS) is 20.5.